The summed E-state index contributed by atoms with van der Waals surface area (Å²) in [5.74, 6) is 0.262. The number of benzene rings is 1. The highest BCUT2D eigenvalue weighted by Gasteiger charge is 2.18. The van der Waals surface area contributed by atoms with Gasteiger partial charge < -0.3 is 5.73 Å². The minimum atomic E-state index is -3.65. The number of halogens is 1. The molecule has 0 aliphatic heterocycles. The predicted octanol–water partition coefficient (Wildman–Crippen LogP) is -0.101. The van der Waals surface area contributed by atoms with Gasteiger partial charge >= 0.3 is 0 Å². The largest absolute Gasteiger partial charge is 0.326 e. The summed E-state index contributed by atoms with van der Waals surface area (Å²) < 4.78 is 27.0. The maximum absolute atomic E-state index is 12.1. The summed E-state index contributed by atoms with van der Waals surface area (Å²) in [7, 11) is -3.65. The van der Waals surface area contributed by atoms with Crippen molar-refractivity contribution in [2.45, 2.75) is 18.0 Å². The molecule has 8 nitrogen and oxygen atoms in total. The van der Waals surface area contributed by atoms with Crippen LogP contribution in [0.5, 0.6) is 0 Å². The lowest BCUT2D eigenvalue weighted by Crippen LogP contribution is -2.24. The number of aromatic nitrogens is 4. The molecule has 2 rings (SSSR count). The van der Waals surface area contributed by atoms with Gasteiger partial charge in [0.05, 0.1) is 11.4 Å². The van der Waals surface area contributed by atoms with Gasteiger partial charge in [0, 0.05) is 11.0 Å². The van der Waals surface area contributed by atoms with Crippen LogP contribution < -0.4 is 10.5 Å². The van der Waals surface area contributed by atoms with E-state index in [4.69, 9.17) is 5.73 Å². The number of hydrogen-bond donors (Lipinski definition) is 3. The van der Waals surface area contributed by atoms with Crippen LogP contribution in [0.15, 0.2) is 27.6 Å². The van der Waals surface area contributed by atoms with Gasteiger partial charge in [-0.2, -0.15) is 5.21 Å². The normalized spacial score (nSPS) is 11.7. The number of sulfonamides is 1. The standard InChI is InChI=1S/C9H11BrN6O2S/c10-7-3-6(4-11)1-2-8(7)19(17,18)12-5-9-13-15-16-14-9/h1-3,12H,4-5,11H2,(H,13,14,15,16). The molecule has 102 valence electrons. The van der Waals surface area contributed by atoms with E-state index < -0.39 is 10.0 Å². The van der Waals surface area contributed by atoms with Crippen molar-refractivity contribution in [1.82, 2.24) is 25.3 Å². The molecule has 0 fully saturated rings. The molecule has 1 aromatic heterocycles. The zero-order valence-electron chi connectivity index (χ0n) is 9.67. The van der Waals surface area contributed by atoms with Crippen LogP contribution in [0.1, 0.15) is 11.4 Å². The van der Waals surface area contributed by atoms with E-state index in [0.29, 0.717) is 11.0 Å². The third-order valence-corrected chi connectivity index (χ3v) is 4.71. The zero-order chi connectivity index (χ0) is 13.9. The number of H-pyrrole nitrogens is 1. The van der Waals surface area contributed by atoms with E-state index in [-0.39, 0.29) is 17.3 Å². The average Bonchev–Trinajstić information content (AvgIpc) is 2.89. The van der Waals surface area contributed by atoms with Gasteiger partial charge in [0.2, 0.25) is 10.0 Å². The molecule has 2 aromatic rings. The lowest BCUT2D eigenvalue weighted by molar-refractivity contribution is 0.578. The molecule has 0 radical (unpaired) electrons. The second-order valence-corrected chi connectivity index (χ2v) is 6.21. The monoisotopic (exact) mass is 346 g/mol. The molecule has 0 aliphatic carbocycles. The molecule has 0 saturated heterocycles. The molecule has 0 atom stereocenters. The van der Waals surface area contributed by atoms with Crippen LogP contribution in [0.4, 0.5) is 0 Å². The Balaban J connectivity index is 2.19. The van der Waals surface area contributed by atoms with Crippen LogP contribution in [0.2, 0.25) is 0 Å². The Morgan fingerprint density at radius 1 is 1.42 bits per heavy atom. The van der Waals surface area contributed by atoms with Gasteiger partial charge in [-0.25, -0.2) is 13.1 Å². The molecule has 0 saturated carbocycles. The van der Waals surface area contributed by atoms with E-state index in [1.165, 1.54) is 6.07 Å². The first-order chi connectivity index (χ1) is 9.03. The maximum atomic E-state index is 12.1. The van der Waals surface area contributed by atoms with E-state index in [2.05, 4.69) is 41.3 Å². The Bertz CT molecular complexity index is 657. The van der Waals surface area contributed by atoms with E-state index >= 15 is 0 Å². The quantitative estimate of drug-likeness (QED) is 0.693. The molecule has 19 heavy (non-hydrogen) atoms. The van der Waals surface area contributed by atoms with E-state index in [9.17, 15) is 8.42 Å². The zero-order valence-corrected chi connectivity index (χ0v) is 12.1. The summed E-state index contributed by atoms with van der Waals surface area (Å²) >= 11 is 3.22. The van der Waals surface area contributed by atoms with E-state index in [1.54, 1.807) is 12.1 Å². The highest BCUT2D eigenvalue weighted by molar-refractivity contribution is 9.10. The molecule has 0 spiro atoms. The van der Waals surface area contributed by atoms with Crippen molar-refractivity contribution in [3.8, 4) is 0 Å². The molecule has 0 bridgehead atoms. The first-order valence-corrected chi connectivity index (χ1v) is 7.51. The van der Waals surface area contributed by atoms with Crippen molar-refractivity contribution >= 4 is 26.0 Å². The number of nitrogens with zero attached hydrogens (tertiary/aromatic N) is 3. The minimum Gasteiger partial charge on any atom is -0.326 e. The van der Waals surface area contributed by atoms with E-state index in [1.807, 2.05) is 0 Å². The van der Waals surface area contributed by atoms with Crippen LogP contribution in [-0.2, 0) is 23.1 Å². The molecule has 0 aliphatic rings. The molecular weight excluding hydrogens is 336 g/mol. The number of tetrazole rings is 1. The lowest BCUT2D eigenvalue weighted by atomic mass is 10.2. The van der Waals surface area contributed by atoms with Gasteiger partial charge in [0.25, 0.3) is 0 Å². The Hall–Kier alpha value is -1.36. The third-order valence-electron chi connectivity index (χ3n) is 2.33. The van der Waals surface area contributed by atoms with Crippen molar-refractivity contribution in [3.63, 3.8) is 0 Å². The van der Waals surface area contributed by atoms with Crippen molar-refractivity contribution in [1.29, 1.82) is 0 Å². The van der Waals surface area contributed by atoms with E-state index in [0.717, 1.165) is 5.56 Å². The number of aromatic amines is 1. The molecule has 1 aromatic carbocycles. The third kappa shape index (κ3) is 3.35. The summed E-state index contributed by atoms with van der Waals surface area (Å²) in [5.41, 5.74) is 6.32. The van der Waals surface area contributed by atoms with Gasteiger partial charge in [-0.3, -0.25) is 0 Å². The Kier molecular flexibility index (Phi) is 4.24. The van der Waals surface area contributed by atoms with Gasteiger partial charge in [0.15, 0.2) is 5.82 Å². The van der Waals surface area contributed by atoms with Gasteiger partial charge in [-0.1, -0.05) is 11.3 Å². The number of nitrogens with one attached hydrogen (secondary N) is 2. The van der Waals surface area contributed by atoms with Crippen LogP contribution >= 0.6 is 15.9 Å². The fraction of sp³-hybridized carbons (Fsp3) is 0.222. The van der Waals surface area contributed by atoms with Gasteiger partial charge in [-0.15, -0.1) is 10.2 Å². The second-order valence-electron chi connectivity index (χ2n) is 3.62. The first kappa shape index (κ1) is 14.1. The summed E-state index contributed by atoms with van der Waals surface area (Å²) in [6, 6.07) is 4.82. The summed E-state index contributed by atoms with van der Waals surface area (Å²) in [6.07, 6.45) is 0. The maximum Gasteiger partial charge on any atom is 0.242 e. The fourth-order valence-corrected chi connectivity index (χ4v) is 3.49. The van der Waals surface area contributed by atoms with Crippen LogP contribution in [0.25, 0.3) is 0 Å². The smallest absolute Gasteiger partial charge is 0.242 e. The summed E-state index contributed by atoms with van der Waals surface area (Å²) in [6.45, 7) is 0.305. The van der Waals surface area contributed by atoms with Crippen molar-refractivity contribution < 1.29 is 8.42 Å². The van der Waals surface area contributed by atoms with Crippen LogP contribution in [-0.4, -0.2) is 29.0 Å². The topological polar surface area (TPSA) is 127 Å². The Labute approximate surface area is 118 Å². The number of hydrogen-bond acceptors (Lipinski definition) is 6. The van der Waals surface area contributed by atoms with Crippen molar-refractivity contribution in [2.75, 3.05) is 0 Å². The molecule has 0 unspecified atom stereocenters. The summed E-state index contributed by atoms with van der Waals surface area (Å²) in [4.78, 5) is 0.133. The summed E-state index contributed by atoms with van der Waals surface area (Å²) in [5, 5.41) is 12.9. The minimum absolute atomic E-state index is 0.0378. The van der Waals surface area contributed by atoms with Gasteiger partial charge in [-0.05, 0) is 33.6 Å². The second kappa shape index (κ2) is 5.74. The number of rotatable bonds is 5. The first-order valence-electron chi connectivity index (χ1n) is 5.23. The predicted molar refractivity (Wildman–Crippen MR) is 70.2 cm³/mol. The Morgan fingerprint density at radius 2 is 2.21 bits per heavy atom. The highest BCUT2D eigenvalue weighted by atomic mass is 79.9. The Morgan fingerprint density at radius 3 is 2.79 bits per heavy atom. The fourth-order valence-electron chi connectivity index (χ4n) is 1.38. The van der Waals surface area contributed by atoms with Gasteiger partial charge in [0.1, 0.15) is 0 Å². The highest BCUT2D eigenvalue weighted by Crippen LogP contribution is 2.23. The molecule has 4 N–H and O–H groups in total. The lowest BCUT2D eigenvalue weighted by Gasteiger charge is -2.08. The van der Waals surface area contributed by atoms with Crippen molar-refractivity contribution in [2.24, 2.45) is 5.73 Å². The molecular formula is C9H11BrN6O2S. The van der Waals surface area contributed by atoms with Crippen LogP contribution in [0.3, 0.4) is 0 Å². The average molecular weight is 347 g/mol. The number of nitrogens with two attached hydrogens (primary N) is 1. The van der Waals surface area contributed by atoms with Crippen LogP contribution in [0, 0.1) is 0 Å². The van der Waals surface area contributed by atoms with Crippen molar-refractivity contribution in [3.05, 3.63) is 34.1 Å². The molecule has 1 heterocycles. The molecule has 0 amide bonds. The molecule has 10 heteroatoms. The SMILES string of the molecule is NCc1ccc(S(=O)(=O)NCc2nn[nH]n2)c(Br)c1.